The molecule has 158 valence electrons. The largest absolute Gasteiger partial charge is 1.00 e. The summed E-state index contributed by atoms with van der Waals surface area (Å²) in [5.74, 6) is -0.483. The van der Waals surface area contributed by atoms with Gasteiger partial charge in [-0.15, -0.1) is 0 Å². The van der Waals surface area contributed by atoms with E-state index in [0.717, 1.165) is 11.8 Å². The molecule has 2 saturated heterocycles. The Morgan fingerprint density at radius 2 is 2.28 bits per heavy atom. The van der Waals surface area contributed by atoms with Crippen molar-refractivity contribution in [2.75, 3.05) is 18.1 Å². The van der Waals surface area contributed by atoms with Crippen molar-refractivity contribution in [2.45, 2.75) is 36.1 Å². The van der Waals surface area contributed by atoms with Gasteiger partial charge in [-0.2, -0.15) is 4.98 Å². The van der Waals surface area contributed by atoms with Gasteiger partial charge in [-0.1, -0.05) is 11.8 Å². The predicted octanol–water partition coefficient (Wildman–Crippen LogP) is -2.08. The lowest BCUT2D eigenvalue weighted by Gasteiger charge is -2.34. The third-order valence-corrected chi connectivity index (χ3v) is 6.25. The van der Waals surface area contributed by atoms with Crippen molar-refractivity contribution < 1.29 is 34.6 Å². The van der Waals surface area contributed by atoms with Crippen molar-refractivity contribution in [1.29, 1.82) is 0 Å². The van der Waals surface area contributed by atoms with Crippen molar-refractivity contribution in [2.24, 2.45) is 5.73 Å². The van der Waals surface area contributed by atoms with Crippen LogP contribution in [0, 0.1) is 0 Å². The quantitative estimate of drug-likeness (QED) is 0.286. The molecule has 0 aromatic carbocycles. The zero-order valence-corrected chi connectivity index (χ0v) is 16.3. The number of H-pyrrole nitrogens is 1. The summed E-state index contributed by atoms with van der Waals surface area (Å²) in [6.07, 6.45) is -4.69. The molecule has 1 amide bonds. The van der Waals surface area contributed by atoms with Gasteiger partial charge in [-0.05, 0) is 0 Å². The van der Waals surface area contributed by atoms with Crippen LogP contribution in [-0.2, 0) is 23.1 Å². The van der Waals surface area contributed by atoms with Gasteiger partial charge in [-0.3, -0.25) is 23.7 Å². The molecule has 0 radical (unpaired) electrons. The van der Waals surface area contributed by atoms with Crippen molar-refractivity contribution in [1.82, 2.24) is 19.5 Å². The second kappa shape index (κ2) is 7.36. The molecule has 0 spiro atoms. The number of aliphatic hydroxyl groups excluding tert-OH is 1. The maximum atomic E-state index is 12.2. The molecule has 2 aromatic rings. The third kappa shape index (κ3) is 3.77. The molecule has 5 atom stereocenters. The number of hydrogen-bond donors (Lipinski definition) is 4. The number of nitrogens with zero attached hydrogens (tertiary/aromatic N) is 3. The lowest BCUT2D eigenvalue weighted by Crippen LogP contribution is -2.41. The molecule has 0 aliphatic carbocycles. The van der Waals surface area contributed by atoms with Gasteiger partial charge in [0.25, 0.3) is 13.4 Å². The number of anilines is 1. The van der Waals surface area contributed by atoms with Gasteiger partial charge in [0, 0.05) is 12.2 Å². The van der Waals surface area contributed by atoms with E-state index in [0.29, 0.717) is 0 Å². The maximum Gasteiger partial charge on any atom is 1.00 e. The standard InChI is InChI=1S/C13H17N6O8PS/c14-5(20)1-2-29-13-16-6-9(17-12(15)18-10(6)22)19(13)11-7(21)8-4(26-11)3-25-28(23,24)27-8/h4,7-8,11,21H,1-3H2,(H2,14,20)(H,23,24)(H3,15,17,18,22)/t4?,7?,8-,11-/m1/s1. The van der Waals surface area contributed by atoms with Gasteiger partial charge in [0.1, 0.15) is 18.3 Å². The molecule has 2 aromatic heterocycles. The predicted molar refractivity (Wildman–Crippen MR) is 96.6 cm³/mol. The van der Waals surface area contributed by atoms with Crippen LogP contribution in [-0.4, -0.2) is 61.2 Å². The molecular weight excluding hydrogens is 431 g/mol. The summed E-state index contributed by atoms with van der Waals surface area (Å²) in [5.41, 5.74) is 10.1. The second-order valence-corrected chi connectivity index (χ2v) is 8.75. The first-order chi connectivity index (χ1) is 13.7. The van der Waals surface area contributed by atoms with Crippen LogP contribution in [0.1, 0.15) is 14.1 Å². The van der Waals surface area contributed by atoms with Crippen LogP contribution in [0.2, 0.25) is 0 Å². The number of aromatic amines is 1. The number of ether oxygens (including phenoxy) is 1. The van der Waals surface area contributed by atoms with Crippen molar-refractivity contribution >= 4 is 42.6 Å². The Hall–Kier alpha value is -2.00. The molecule has 4 rings (SSSR count). The zero-order valence-electron chi connectivity index (χ0n) is 15.6. The smallest absolute Gasteiger partial charge is 0.756 e. The van der Waals surface area contributed by atoms with Crippen LogP contribution in [0.25, 0.3) is 11.2 Å². The Morgan fingerprint density at radius 3 is 3.00 bits per heavy atom. The van der Waals surface area contributed by atoms with Crippen LogP contribution in [0.3, 0.4) is 0 Å². The lowest BCUT2D eigenvalue weighted by molar-refractivity contribution is -0.245. The molecule has 0 saturated carbocycles. The van der Waals surface area contributed by atoms with Crippen LogP contribution < -0.4 is 21.9 Å². The average Bonchev–Trinajstić information content (AvgIpc) is 3.12. The Labute approximate surface area is 167 Å². The lowest BCUT2D eigenvalue weighted by atomic mass is 10.1. The van der Waals surface area contributed by atoms with E-state index in [-0.39, 0.29) is 42.5 Å². The summed E-state index contributed by atoms with van der Waals surface area (Å²) in [6.45, 7) is -0.341. The highest BCUT2D eigenvalue weighted by Crippen LogP contribution is 2.50. The summed E-state index contributed by atoms with van der Waals surface area (Å²) >= 11 is 1.08. The first-order valence-corrected chi connectivity index (χ1v) is 10.8. The molecule has 2 aliphatic heterocycles. The van der Waals surface area contributed by atoms with E-state index in [9.17, 15) is 24.2 Å². The first kappa shape index (κ1) is 20.3. The number of rotatable bonds is 5. The first-order valence-electron chi connectivity index (χ1n) is 8.32. The number of thioether (sulfide) groups is 1. The minimum atomic E-state index is -4.56. The summed E-state index contributed by atoms with van der Waals surface area (Å²) in [6, 6.07) is 0. The van der Waals surface area contributed by atoms with Gasteiger partial charge >= 0.3 is 1.43 Å². The van der Waals surface area contributed by atoms with Crippen LogP contribution in [0.4, 0.5) is 5.95 Å². The Morgan fingerprint density at radius 1 is 1.52 bits per heavy atom. The SMILES string of the molecule is NC(=O)CCSc1nc2c(=O)[nH]c(N)nc2n1[C@@H]1OC2COP(=O)([O-])O[C@H]2C1O.[H+]. The molecule has 6 N–H and O–H groups in total. The van der Waals surface area contributed by atoms with Crippen molar-refractivity contribution in [3.05, 3.63) is 10.4 Å². The number of hydrogen-bond acceptors (Lipinski definition) is 12. The number of primary amides is 1. The third-order valence-electron chi connectivity index (χ3n) is 4.33. The molecule has 2 aliphatic rings. The fourth-order valence-electron chi connectivity index (χ4n) is 3.10. The van der Waals surface area contributed by atoms with Crippen molar-refractivity contribution in [3.8, 4) is 0 Å². The summed E-state index contributed by atoms with van der Waals surface area (Å²) in [5, 5.41) is 10.9. The summed E-state index contributed by atoms with van der Waals surface area (Å²) in [4.78, 5) is 45.4. The highest BCUT2D eigenvalue weighted by molar-refractivity contribution is 7.99. The average molecular weight is 448 g/mol. The van der Waals surface area contributed by atoms with Gasteiger partial charge in [-0.25, -0.2) is 4.98 Å². The number of nitrogens with two attached hydrogens (primary N) is 2. The van der Waals surface area contributed by atoms with E-state index >= 15 is 0 Å². The molecule has 4 heterocycles. The monoisotopic (exact) mass is 448 g/mol. The Bertz CT molecular complexity index is 1080. The number of nitrogens with one attached hydrogen (secondary N) is 1. The van der Waals surface area contributed by atoms with Gasteiger partial charge < -0.3 is 35.3 Å². The fourth-order valence-corrected chi connectivity index (χ4v) is 5.02. The van der Waals surface area contributed by atoms with E-state index in [1.807, 2.05) is 0 Å². The Balaban J connectivity index is 0.00000256. The molecule has 29 heavy (non-hydrogen) atoms. The number of amides is 1. The van der Waals surface area contributed by atoms with E-state index in [4.69, 9.17) is 20.7 Å². The molecule has 0 bridgehead atoms. The maximum absolute atomic E-state index is 12.2. The molecule has 14 nitrogen and oxygen atoms in total. The van der Waals surface area contributed by atoms with Crippen LogP contribution >= 0.6 is 19.6 Å². The van der Waals surface area contributed by atoms with E-state index in [1.165, 1.54) is 4.57 Å². The number of nitrogen functional groups attached to an aromatic ring is 1. The molecular formula is C13H17N6O8PS. The number of imidazole rings is 1. The minimum absolute atomic E-state index is 0. The summed E-state index contributed by atoms with van der Waals surface area (Å²) in [7, 11) is -4.56. The minimum Gasteiger partial charge on any atom is -0.756 e. The number of carbonyl (C=O) groups excluding carboxylic acids is 1. The molecule has 16 heteroatoms. The van der Waals surface area contributed by atoms with Gasteiger partial charge in [0.05, 0.1) is 6.61 Å². The topological polar surface area (TPSA) is 221 Å². The number of fused-ring (bicyclic) bond motifs is 2. The van der Waals surface area contributed by atoms with Gasteiger partial charge in [0.2, 0.25) is 11.9 Å². The zero-order chi connectivity index (χ0) is 20.9. The second-order valence-electron chi connectivity index (χ2n) is 6.32. The van der Waals surface area contributed by atoms with Crippen LogP contribution in [0.5, 0.6) is 0 Å². The van der Waals surface area contributed by atoms with E-state index in [2.05, 4.69) is 19.5 Å². The number of carbonyl (C=O) groups is 1. The number of aliphatic hydroxyl groups is 1. The number of aromatic nitrogens is 4. The van der Waals surface area contributed by atoms with Crippen molar-refractivity contribution in [3.63, 3.8) is 0 Å². The Kier molecular flexibility index (Phi) is 5.14. The molecule has 3 unspecified atom stereocenters. The van der Waals surface area contributed by atoms with E-state index in [1.54, 1.807) is 0 Å². The highest BCUT2D eigenvalue weighted by Gasteiger charge is 2.51. The van der Waals surface area contributed by atoms with Gasteiger partial charge in [0.15, 0.2) is 22.5 Å². The fraction of sp³-hybridized carbons (Fsp3) is 0.538. The molecule has 2 fully saturated rings. The van der Waals surface area contributed by atoms with Crippen LogP contribution in [0.15, 0.2) is 9.95 Å². The van der Waals surface area contributed by atoms with E-state index < -0.39 is 43.8 Å². The number of phosphoric ester groups is 1. The summed E-state index contributed by atoms with van der Waals surface area (Å²) < 4.78 is 28.1. The number of phosphoric acid groups is 1. The normalized spacial score (nSPS) is 31.8. The highest BCUT2D eigenvalue weighted by atomic mass is 32.2.